The third-order valence-corrected chi connectivity index (χ3v) is 6.50. The zero-order valence-electron chi connectivity index (χ0n) is 15.4. The van der Waals surface area contributed by atoms with Crippen molar-refractivity contribution in [2.75, 3.05) is 10.6 Å². The molecule has 2 amide bonds. The molecule has 10 heteroatoms. The van der Waals surface area contributed by atoms with E-state index in [-0.39, 0.29) is 12.3 Å². The van der Waals surface area contributed by atoms with Crippen molar-refractivity contribution in [3.8, 4) is 6.07 Å². The summed E-state index contributed by atoms with van der Waals surface area (Å²) in [5, 5.41) is 22.5. The summed E-state index contributed by atoms with van der Waals surface area (Å²) in [6, 6.07) is 13.3. The number of nitrogens with zero attached hydrogens (tertiary/aromatic N) is 3. The smallest absolute Gasteiger partial charge is 0.234 e. The number of thioether (sulfide) groups is 1. The number of carbonyl (C=O) groups is 2. The Kier molecular flexibility index (Phi) is 5.74. The summed E-state index contributed by atoms with van der Waals surface area (Å²) in [5.74, 6) is -1.30. The molecule has 0 saturated carbocycles. The number of rotatable bonds is 5. The van der Waals surface area contributed by atoms with Crippen molar-refractivity contribution in [1.29, 1.82) is 5.26 Å². The quantitative estimate of drug-likeness (QED) is 0.461. The number of benzene rings is 2. The summed E-state index contributed by atoms with van der Waals surface area (Å²) in [7, 11) is 0. The molecular weight excluding hydrogens is 425 g/mol. The van der Waals surface area contributed by atoms with Crippen molar-refractivity contribution in [1.82, 2.24) is 10.2 Å². The maximum atomic E-state index is 13.4. The van der Waals surface area contributed by atoms with E-state index < -0.39 is 17.6 Å². The first-order valence-corrected chi connectivity index (χ1v) is 10.7. The Bertz CT molecular complexity index is 1160. The molecule has 1 atom stereocenters. The summed E-state index contributed by atoms with van der Waals surface area (Å²) in [6.07, 6.45) is -0.0242. The highest BCUT2D eigenvalue weighted by Crippen LogP contribution is 2.34. The van der Waals surface area contributed by atoms with Crippen molar-refractivity contribution < 1.29 is 14.0 Å². The molecule has 0 fully saturated rings. The number of amides is 2. The molecule has 4 rings (SSSR count). The second-order valence-electron chi connectivity index (χ2n) is 6.50. The minimum Gasteiger partial charge on any atom is -0.326 e. The van der Waals surface area contributed by atoms with E-state index in [1.807, 2.05) is 12.1 Å². The molecule has 1 aromatic heterocycles. The molecule has 2 aromatic carbocycles. The standard InChI is InChI=1S/C20H14FN5O2S2/c21-13-5-6-14-15(8-17(27)23-16(14)7-13)18(28)24-19-25-26-20(30-19)29-10-12-3-1-11(9-22)2-4-12/h1-7,15H,8,10H2,(H,23,27)(H,24,25,28). The second-order valence-corrected chi connectivity index (χ2v) is 8.70. The first-order chi connectivity index (χ1) is 14.5. The summed E-state index contributed by atoms with van der Waals surface area (Å²) in [4.78, 5) is 24.6. The summed E-state index contributed by atoms with van der Waals surface area (Å²) < 4.78 is 14.1. The molecule has 1 aliphatic heterocycles. The molecule has 1 aliphatic rings. The van der Waals surface area contributed by atoms with Gasteiger partial charge in [-0.1, -0.05) is 41.3 Å². The average molecular weight is 439 g/mol. The molecule has 30 heavy (non-hydrogen) atoms. The van der Waals surface area contributed by atoms with Crippen LogP contribution in [-0.2, 0) is 15.3 Å². The van der Waals surface area contributed by atoms with Gasteiger partial charge in [0.2, 0.25) is 16.9 Å². The summed E-state index contributed by atoms with van der Waals surface area (Å²) >= 11 is 2.70. The topological polar surface area (TPSA) is 108 Å². The minimum atomic E-state index is -0.729. The number of fused-ring (bicyclic) bond motifs is 1. The Labute approximate surface area is 179 Å². The highest BCUT2D eigenvalue weighted by atomic mass is 32.2. The molecule has 3 aromatic rings. The molecule has 0 bridgehead atoms. The van der Waals surface area contributed by atoms with Crippen LogP contribution in [0, 0.1) is 17.1 Å². The first kappa shape index (κ1) is 20.0. The highest BCUT2D eigenvalue weighted by molar-refractivity contribution is 8.00. The molecule has 0 aliphatic carbocycles. The van der Waals surface area contributed by atoms with E-state index in [1.165, 1.54) is 41.3 Å². The maximum absolute atomic E-state index is 13.4. The van der Waals surface area contributed by atoms with Crippen LogP contribution in [0.3, 0.4) is 0 Å². The van der Waals surface area contributed by atoms with Gasteiger partial charge in [0.1, 0.15) is 5.82 Å². The number of nitriles is 1. The predicted molar refractivity (Wildman–Crippen MR) is 112 cm³/mol. The number of carbonyl (C=O) groups excluding carboxylic acids is 2. The van der Waals surface area contributed by atoms with Gasteiger partial charge in [0, 0.05) is 17.9 Å². The van der Waals surface area contributed by atoms with Crippen molar-refractivity contribution in [3.05, 3.63) is 65.0 Å². The molecule has 2 heterocycles. The van der Waals surface area contributed by atoms with Gasteiger partial charge in [0.05, 0.1) is 17.6 Å². The summed E-state index contributed by atoms with van der Waals surface area (Å²) in [6.45, 7) is 0. The van der Waals surface area contributed by atoms with Crippen molar-refractivity contribution in [2.45, 2.75) is 22.4 Å². The maximum Gasteiger partial charge on any atom is 0.234 e. The van der Waals surface area contributed by atoms with Crippen LogP contribution in [0.5, 0.6) is 0 Å². The van der Waals surface area contributed by atoms with Crippen LogP contribution >= 0.6 is 23.1 Å². The number of aromatic nitrogens is 2. The van der Waals surface area contributed by atoms with Gasteiger partial charge < -0.3 is 5.32 Å². The van der Waals surface area contributed by atoms with Crippen LogP contribution in [0.1, 0.15) is 29.0 Å². The lowest BCUT2D eigenvalue weighted by molar-refractivity contribution is -0.123. The fraction of sp³-hybridized carbons (Fsp3) is 0.150. The molecular formula is C20H14FN5O2S2. The third kappa shape index (κ3) is 4.48. The minimum absolute atomic E-state index is 0.0242. The molecule has 2 N–H and O–H groups in total. The Hall–Kier alpha value is -3.29. The average Bonchev–Trinajstić information content (AvgIpc) is 3.19. The van der Waals surface area contributed by atoms with Gasteiger partial charge in [-0.05, 0) is 35.4 Å². The Balaban J connectivity index is 1.40. The van der Waals surface area contributed by atoms with Crippen LogP contribution in [0.2, 0.25) is 0 Å². The van der Waals surface area contributed by atoms with Crippen LogP contribution in [-0.4, -0.2) is 22.0 Å². The van der Waals surface area contributed by atoms with E-state index in [4.69, 9.17) is 5.26 Å². The van der Waals surface area contributed by atoms with Crippen molar-refractivity contribution in [2.24, 2.45) is 0 Å². The lowest BCUT2D eigenvalue weighted by Gasteiger charge is -2.24. The van der Waals surface area contributed by atoms with E-state index in [9.17, 15) is 14.0 Å². The Morgan fingerprint density at radius 1 is 1.30 bits per heavy atom. The number of anilines is 2. The van der Waals surface area contributed by atoms with Crippen LogP contribution in [0.25, 0.3) is 0 Å². The van der Waals surface area contributed by atoms with Gasteiger partial charge in [-0.15, -0.1) is 10.2 Å². The zero-order chi connectivity index (χ0) is 21.1. The van der Waals surface area contributed by atoms with Gasteiger partial charge in [-0.3, -0.25) is 14.9 Å². The largest absolute Gasteiger partial charge is 0.326 e. The van der Waals surface area contributed by atoms with E-state index >= 15 is 0 Å². The van der Waals surface area contributed by atoms with Crippen molar-refractivity contribution >= 4 is 45.7 Å². The predicted octanol–water partition coefficient (Wildman–Crippen LogP) is 3.91. The molecule has 7 nitrogen and oxygen atoms in total. The van der Waals surface area contributed by atoms with E-state index in [0.717, 1.165) is 5.56 Å². The van der Waals surface area contributed by atoms with Crippen molar-refractivity contribution in [3.63, 3.8) is 0 Å². The Morgan fingerprint density at radius 3 is 2.87 bits per heavy atom. The number of hydrogen-bond donors (Lipinski definition) is 2. The molecule has 0 spiro atoms. The zero-order valence-corrected chi connectivity index (χ0v) is 17.0. The van der Waals surface area contributed by atoms with Crippen LogP contribution < -0.4 is 10.6 Å². The molecule has 1 unspecified atom stereocenters. The van der Waals surface area contributed by atoms with E-state index in [2.05, 4.69) is 26.9 Å². The lowest BCUT2D eigenvalue weighted by Crippen LogP contribution is -2.30. The molecule has 0 saturated heterocycles. The normalized spacial score (nSPS) is 15.1. The van der Waals surface area contributed by atoms with E-state index in [1.54, 1.807) is 12.1 Å². The molecule has 0 radical (unpaired) electrons. The SMILES string of the molecule is N#Cc1ccc(CSc2nnc(NC(=O)C3CC(=O)Nc4cc(F)ccc43)s2)cc1. The van der Waals surface area contributed by atoms with Crippen LogP contribution in [0.4, 0.5) is 15.2 Å². The van der Waals surface area contributed by atoms with Gasteiger partial charge >= 0.3 is 0 Å². The third-order valence-electron chi connectivity index (χ3n) is 4.45. The number of halogens is 1. The summed E-state index contributed by atoms with van der Waals surface area (Å²) in [5.41, 5.74) is 2.51. The highest BCUT2D eigenvalue weighted by Gasteiger charge is 2.31. The first-order valence-electron chi connectivity index (χ1n) is 8.87. The fourth-order valence-electron chi connectivity index (χ4n) is 3.00. The lowest BCUT2D eigenvalue weighted by atomic mass is 9.90. The Morgan fingerprint density at radius 2 is 2.10 bits per heavy atom. The van der Waals surface area contributed by atoms with Crippen LogP contribution in [0.15, 0.2) is 46.8 Å². The van der Waals surface area contributed by atoms with Gasteiger partial charge in [0.15, 0.2) is 4.34 Å². The fourth-order valence-corrected chi connectivity index (χ4v) is 4.71. The second kappa shape index (κ2) is 8.61. The number of nitrogens with one attached hydrogen (secondary N) is 2. The molecule has 150 valence electrons. The number of hydrogen-bond acceptors (Lipinski definition) is 7. The van der Waals surface area contributed by atoms with Gasteiger partial charge in [-0.25, -0.2) is 4.39 Å². The van der Waals surface area contributed by atoms with E-state index in [0.29, 0.717) is 32.0 Å². The monoisotopic (exact) mass is 439 g/mol. The van der Waals surface area contributed by atoms with Gasteiger partial charge in [0.25, 0.3) is 0 Å². The van der Waals surface area contributed by atoms with Gasteiger partial charge in [-0.2, -0.15) is 5.26 Å².